The number of ketones is 1. The van der Waals surface area contributed by atoms with Crippen molar-refractivity contribution in [2.45, 2.75) is 13.8 Å². The predicted octanol–water partition coefficient (Wildman–Crippen LogP) is 2.61. The topological polar surface area (TPSA) is 52.3 Å². The zero-order valence-electron chi connectivity index (χ0n) is 9.77. The van der Waals surface area contributed by atoms with Crippen LogP contribution in [0.3, 0.4) is 0 Å². The number of nitrogens with zero attached hydrogens (tertiary/aromatic N) is 1. The Bertz CT molecular complexity index is 531. The summed E-state index contributed by atoms with van der Waals surface area (Å²) in [5.41, 5.74) is 1.28. The summed E-state index contributed by atoms with van der Waals surface area (Å²) in [4.78, 5) is 16.1. The SMILES string of the molecule is CCOc1cncc(C(=O)c2occc2C)c1. The standard InChI is InChI=1S/C13H13NO3/c1-3-16-11-6-10(7-14-8-11)12(15)13-9(2)4-5-17-13/h4-8H,3H2,1-2H3. The average molecular weight is 231 g/mol. The highest BCUT2D eigenvalue weighted by molar-refractivity contribution is 6.07. The van der Waals surface area contributed by atoms with Crippen molar-refractivity contribution < 1.29 is 13.9 Å². The molecule has 2 aromatic heterocycles. The Labute approximate surface area is 99.2 Å². The van der Waals surface area contributed by atoms with Crippen LogP contribution in [0.2, 0.25) is 0 Å². The second kappa shape index (κ2) is 4.82. The van der Waals surface area contributed by atoms with Gasteiger partial charge in [0.25, 0.3) is 0 Å². The third-order valence-electron chi connectivity index (χ3n) is 2.35. The first-order valence-electron chi connectivity index (χ1n) is 5.39. The number of hydrogen-bond acceptors (Lipinski definition) is 4. The number of aryl methyl sites for hydroxylation is 1. The van der Waals surface area contributed by atoms with Crippen molar-refractivity contribution in [2.24, 2.45) is 0 Å². The Hall–Kier alpha value is -2.10. The van der Waals surface area contributed by atoms with E-state index >= 15 is 0 Å². The van der Waals surface area contributed by atoms with Crippen molar-refractivity contribution >= 4 is 5.78 Å². The minimum Gasteiger partial charge on any atom is -0.492 e. The summed E-state index contributed by atoms with van der Waals surface area (Å²) >= 11 is 0. The molecule has 0 spiro atoms. The van der Waals surface area contributed by atoms with E-state index in [1.165, 1.54) is 12.5 Å². The van der Waals surface area contributed by atoms with Crippen LogP contribution in [-0.4, -0.2) is 17.4 Å². The quantitative estimate of drug-likeness (QED) is 0.759. The molecule has 0 amide bonds. The molecule has 0 aliphatic heterocycles. The number of furan rings is 1. The van der Waals surface area contributed by atoms with Gasteiger partial charge in [-0.25, -0.2) is 0 Å². The second-order valence-electron chi connectivity index (χ2n) is 3.60. The summed E-state index contributed by atoms with van der Waals surface area (Å²) in [5.74, 6) is 0.754. The van der Waals surface area contributed by atoms with Crippen LogP contribution in [0.25, 0.3) is 0 Å². The van der Waals surface area contributed by atoms with Crippen LogP contribution in [0.4, 0.5) is 0 Å². The molecule has 0 saturated heterocycles. The molecule has 4 heteroatoms. The molecular formula is C13H13NO3. The van der Waals surface area contributed by atoms with Gasteiger partial charge in [-0.2, -0.15) is 0 Å². The van der Waals surface area contributed by atoms with Crippen molar-refractivity contribution in [3.63, 3.8) is 0 Å². The van der Waals surface area contributed by atoms with Crippen LogP contribution in [0.15, 0.2) is 35.2 Å². The Kier molecular flexibility index (Phi) is 3.23. The average Bonchev–Trinajstić information content (AvgIpc) is 2.75. The number of carbonyl (C=O) groups excluding carboxylic acids is 1. The second-order valence-corrected chi connectivity index (χ2v) is 3.60. The molecule has 0 aromatic carbocycles. The summed E-state index contributed by atoms with van der Waals surface area (Å²) in [6.07, 6.45) is 4.59. The van der Waals surface area contributed by atoms with E-state index in [1.807, 2.05) is 13.8 Å². The molecule has 0 saturated carbocycles. The number of pyridine rings is 1. The van der Waals surface area contributed by atoms with E-state index in [0.29, 0.717) is 23.7 Å². The smallest absolute Gasteiger partial charge is 0.230 e. The first-order chi connectivity index (χ1) is 8.22. The molecule has 4 nitrogen and oxygen atoms in total. The minimum absolute atomic E-state index is 0.179. The maximum Gasteiger partial charge on any atom is 0.230 e. The molecule has 2 heterocycles. The van der Waals surface area contributed by atoms with E-state index in [4.69, 9.17) is 9.15 Å². The maximum atomic E-state index is 12.1. The number of carbonyl (C=O) groups is 1. The van der Waals surface area contributed by atoms with Crippen LogP contribution in [0.5, 0.6) is 5.75 Å². The van der Waals surface area contributed by atoms with Gasteiger partial charge in [0.05, 0.1) is 19.1 Å². The highest BCUT2D eigenvalue weighted by Gasteiger charge is 2.15. The molecule has 0 aliphatic carbocycles. The lowest BCUT2D eigenvalue weighted by molar-refractivity contribution is 0.101. The molecule has 2 rings (SSSR count). The molecule has 0 unspecified atom stereocenters. The van der Waals surface area contributed by atoms with Crippen molar-refractivity contribution in [2.75, 3.05) is 6.61 Å². The van der Waals surface area contributed by atoms with E-state index in [2.05, 4.69) is 4.98 Å². The molecule has 0 bridgehead atoms. The number of ether oxygens (including phenoxy) is 1. The lowest BCUT2D eigenvalue weighted by Gasteiger charge is -2.04. The highest BCUT2D eigenvalue weighted by Crippen LogP contribution is 2.17. The molecule has 17 heavy (non-hydrogen) atoms. The van der Waals surface area contributed by atoms with Gasteiger partial charge in [-0.3, -0.25) is 9.78 Å². The summed E-state index contributed by atoms with van der Waals surface area (Å²) in [6.45, 7) is 4.25. The molecule has 0 N–H and O–H groups in total. The maximum absolute atomic E-state index is 12.1. The van der Waals surface area contributed by atoms with Gasteiger partial charge in [0.1, 0.15) is 5.75 Å². The Morgan fingerprint density at radius 1 is 1.47 bits per heavy atom. The first kappa shape index (κ1) is 11.4. The van der Waals surface area contributed by atoms with Crippen molar-refractivity contribution in [3.05, 3.63) is 47.7 Å². The molecule has 2 aromatic rings. The van der Waals surface area contributed by atoms with Crippen LogP contribution in [0.1, 0.15) is 28.6 Å². The minimum atomic E-state index is -0.179. The van der Waals surface area contributed by atoms with Gasteiger partial charge < -0.3 is 9.15 Å². The zero-order chi connectivity index (χ0) is 12.3. The molecule has 0 aliphatic rings. The lowest BCUT2D eigenvalue weighted by atomic mass is 10.1. The fourth-order valence-corrected chi connectivity index (χ4v) is 1.53. The largest absolute Gasteiger partial charge is 0.492 e. The number of rotatable bonds is 4. The normalized spacial score (nSPS) is 10.2. The Morgan fingerprint density at radius 2 is 2.29 bits per heavy atom. The zero-order valence-corrected chi connectivity index (χ0v) is 9.77. The third kappa shape index (κ3) is 2.36. The van der Waals surface area contributed by atoms with Gasteiger partial charge in [0.2, 0.25) is 5.78 Å². The van der Waals surface area contributed by atoms with E-state index in [0.717, 1.165) is 5.56 Å². The van der Waals surface area contributed by atoms with Crippen LogP contribution in [0, 0.1) is 6.92 Å². The first-order valence-corrected chi connectivity index (χ1v) is 5.39. The molecular weight excluding hydrogens is 218 g/mol. The predicted molar refractivity (Wildman–Crippen MR) is 62.3 cm³/mol. The Morgan fingerprint density at radius 3 is 2.94 bits per heavy atom. The third-order valence-corrected chi connectivity index (χ3v) is 2.35. The number of aromatic nitrogens is 1. The van der Waals surface area contributed by atoms with Gasteiger partial charge in [-0.15, -0.1) is 0 Å². The van der Waals surface area contributed by atoms with Crippen LogP contribution >= 0.6 is 0 Å². The summed E-state index contributed by atoms with van der Waals surface area (Å²) in [5, 5.41) is 0. The highest BCUT2D eigenvalue weighted by atomic mass is 16.5. The monoisotopic (exact) mass is 231 g/mol. The molecule has 88 valence electrons. The summed E-state index contributed by atoms with van der Waals surface area (Å²) in [6, 6.07) is 3.42. The van der Waals surface area contributed by atoms with Gasteiger partial charge in [0.15, 0.2) is 5.76 Å². The summed E-state index contributed by atoms with van der Waals surface area (Å²) < 4.78 is 10.5. The van der Waals surface area contributed by atoms with Gasteiger partial charge in [-0.1, -0.05) is 0 Å². The van der Waals surface area contributed by atoms with E-state index < -0.39 is 0 Å². The molecule has 0 atom stereocenters. The lowest BCUT2D eigenvalue weighted by Crippen LogP contribution is -2.03. The van der Waals surface area contributed by atoms with Crippen LogP contribution < -0.4 is 4.74 Å². The molecule has 0 fully saturated rings. The van der Waals surface area contributed by atoms with E-state index in [1.54, 1.807) is 18.3 Å². The van der Waals surface area contributed by atoms with E-state index in [-0.39, 0.29) is 5.78 Å². The molecule has 0 radical (unpaired) electrons. The summed E-state index contributed by atoms with van der Waals surface area (Å²) in [7, 11) is 0. The van der Waals surface area contributed by atoms with Gasteiger partial charge in [-0.05, 0) is 31.5 Å². The van der Waals surface area contributed by atoms with Crippen molar-refractivity contribution in [3.8, 4) is 5.75 Å². The van der Waals surface area contributed by atoms with E-state index in [9.17, 15) is 4.79 Å². The Balaban J connectivity index is 2.31. The van der Waals surface area contributed by atoms with Gasteiger partial charge >= 0.3 is 0 Å². The fraction of sp³-hybridized carbons (Fsp3) is 0.231. The van der Waals surface area contributed by atoms with Crippen LogP contribution in [-0.2, 0) is 0 Å². The fourth-order valence-electron chi connectivity index (χ4n) is 1.53. The van der Waals surface area contributed by atoms with Crippen molar-refractivity contribution in [1.29, 1.82) is 0 Å². The number of hydrogen-bond donors (Lipinski definition) is 0. The van der Waals surface area contributed by atoms with Crippen molar-refractivity contribution in [1.82, 2.24) is 4.98 Å². The van der Waals surface area contributed by atoms with Gasteiger partial charge in [0, 0.05) is 11.8 Å².